The van der Waals surface area contributed by atoms with Crippen molar-refractivity contribution in [2.24, 2.45) is 0 Å². The van der Waals surface area contributed by atoms with Gasteiger partial charge in [-0.15, -0.1) is 12.4 Å². The highest BCUT2D eigenvalue weighted by Gasteiger charge is 2.16. The Morgan fingerprint density at radius 2 is 2.26 bits per heavy atom. The number of halogens is 2. The number of carbonyl (C=O) groups excluding carboxylic acids is 1. The highest BCUT2D eigenvalue weighted by molar-refractivity contribution is 9.10. The first-order chi connectivity index (χ1) is 8.66. The van der Waals surface area contributed by atoms with E-state index >= 15 is 0 Å². The second-order valence-corrected chi connectivity index (χ2v) is 5.35. The zero-order chi connectivity index (χ0) is 13.0. The zero-order valence-electron chi connectivity index (χ0n) is 10.5. The van der Waals surface area contributed by atoms with Crippen molar-refractivity contribution in [3.63, 3.8) is 0 Å². The van der Waals surface area contributed by atoms with Crippen LogP contribution < -0.4 is 11.1 Å². The summed E-state index contributed by atoms with van der Waals surface area (Å²) in [6.45, 7) is 1.34. The van der Waals surface area contributed by atoms with Gasteiger partial charge in [-0.3, -0.25) is 4.79 Å². The summed E-state index contributed by atoms with van der Waals surface area (Å²) >= 11 is 3.32. The third kappa shape index (κ3) is 4.67. The quantitative estimate of drug-likeness (QED) is 0.825. The summed E-state index contributed by atoms with van der Waals surface area (Å²) in [4.78, 5) is 12.0. The molecule has 0 saturated carbocycles. The predicted octanol–water partition coefficient (Wildman–Crippen LogP) is 2.75. The first-order valence-electron chi connectivity index (χ1n) is 6.11. The van der Waals surface area contributed by atoms with Gasteiger partial charge in [-0.1, -0.05) is 15.9 Å². The van der Waals surface area contributed by atoms with Crippen molar-refractivity contribution in [3.8, 4) is 0 Å². The fourth-order valence-corrected chi connectivity index (χ4v) is 2.39. The second-order valence-electron chi connectivity index (χ2n) is 4.43. The van der Waals surface area contributed by atoms with Crippen LogP contribution in [-0.2, 0) is 4.74 Å². The van der Waals surface area contributed by atoms with Crippen LogP contribution in [0.4, 0.5) is 5.69 Å². The summed E-state index contributed by atoms with van der Waals surface area (Å²) in [5.41, 5.74) is 6.80. The lowest BCUT2D eigenvalue weighted by Gasteiger charge is -2.22. The molecule has 1 heterocycles. The van der Waals surface area contributed by atoms with E-state index in [4.69, 9.17) is 10.5 Å². The number of amides is 1. The van der Waals surface area contributed by atoms with Gasteiger partial charge < -0.3 is 15.8 Å². The van der Waals surface area contributed by atoms with Crippen molar-refractivity contribution in [2.45, 2.75) is 25.4 Å². The minimum atomic E-state index is -0.144. The number of hydrogen-bond acceptors (Lipinski definition) is 3. The fraction of sp³-hybridized carbons (Fsp3) is 0.462. The predicted molar refractivity (Wildman–Crippen MR) is 81.7 cm³/mol. The molecule has 1 saturated heterocycles. The highest BCUT2D eigenvalue weighted by Crippen LogP contribution is 2.18. The Kier molecular flexibility index (Phi) is 6.62. The summed E-state index contributed by atoms with van der Waals surface area (Å²) < 4.78 is 6.43. The van der Waals surface area contributed by atoms with E-state index in [1.165, 1.54) is 6.42 Å². The monoisotopic (exact) mass is 348 g/mol. The largest absolute Gasteiger partial charge is 0.398 e. The topological polar surface area (TPSA) is 64.4 Å². The van der Waals surface area contributed by atoms with E-state index in [0.717, 1.165) is 23.9 Å². The van der Waals surface area contributed by atoms with Gasteiger partial charge in [0.2, 0.25) is 0 Å². The summed E-state index contributed by atoms with van der Waals surface area (Å²) in [5, 5.41) is 2.87. The Bertz CT molecular complexity index is 437. The van der Waals surface area contributed by atoms with Crippen molar-refractivity contribution in [1.82, 2.24) is 5.32 Å². The number of rotatable bonds is 3. The standard InChI is InChI=1S/C13H17BrN2O2.ClH/c14-9-4-5-11(12(15)7-9)13(17)16-8-10-3-1-2-6-18-10;/h4-5,7,10H,1-3,6,8,15H2,(H,16,17);1H. The van der Waals surface area contributed by atoms with Crippen molar-refractivity contribution in [1.29, 1.82) is 0 Å². The van der Waals surface area contributed by atoms with Gasteiger partial charge in [0.15, 0.2) is 0 Å². The average molecular weight is 350 g/mol. The van der Waals surface area contributed by atoms with E-state index < -0.39 is 0 Å². The number of carbonyl (C=O) groups is 1. The molecule has 0 aromatic heterocycles. The van der Waals surface area contributed by atoms with Gasteiger partial charge in [-0.2, -0.15) is 0 Å². The molecule has 0 radical (unpaired) electrons. The Labute approximate surface area is 127 Å². The van der Waals surface area contributed by atoms with Crippen LogP contribution in [0.1, 0.15) is 29.6 Å². The number of hydrogen-bond donors (Lipinski definition) is 2. The minimum Gasteiger partial charge on any atom is -0.398 e. The molecule has 0 spiro atoms. The SMILES string of the molecule is Cl.Nc1cc(Br)ccc1C(=O)NCC1CCCCO1. The van der Waals surface area contributed by atoms with Crippen LogP contribution in [0.15, 0.2) is 22.7 Å². The molecule has 106 valence electrons. The molecule has 1 aromatic carbocycles. The first-order valence-corrected chi connectivity index (χ1v) is 6.91. The van der Waals surface area contributed by atoms with E-state index in [0.29, 0.717) is 17.8 Å². The Morgan fingerprint density at radius 1 is 1.47 bits per heavy atom. The second kappa shape index (κ2) is 7.72. The maximum atomic E-state index is 12.0. The van der Waals surface area contributed by atoms with Gasteiger partial charge in [0.05, 0.1) is 11.7 Å². The molecule has 0 aliphatic carbocycles. The van der Waals surface area contributed by atoms with Crippen LogP contribution in [-0.4, -0.2) is 25.2 Å². The third-order valence-corrected chi connectivity index (χ3v) is 3.52. The summed E-state index contributed by atoms with van der Waals surface area (Å²) in [7, 11) is 0. The molecule has 2 rings (SSSR count). The van der Waals surface area contributed by atoms with Crippen LogP contribution in [0.2, 0.25) is 0 Å². The molecule has 1 aliphatic heterocycles. The molecule has 1 aliphatic rings. The van der Waals surface area contributed by atoms with E-state index in [2.05, 4.69) is 21.2 Å². The highest BCUT2D eigenvalue weighted by atomic mass is 79.9. The van der Waals surface area contributed by atoms with E-state index in [9.17, 15) is 4.79 Å². The van der Waals surface area contributed by atoms with Crippen molar-refractivity contribution < 1.29 is 9.53 Å². The molecular formula is C13H18BrClN2O2. The molecule has 19 heavy (non-hydrogen) atoms. The van der Waals surface area contributed by atoms with E-state index in [1.807, 2.05) is 6.07 Å². The molecule has 1 unspecified atom stereocenters. The Morgan fingerprint density at radius 3 is 2.89 bits per heavy atom. The lowest BCUT2D eigenvalue weighted by atomic mass is 10.1. The number of nitrogen functional groups attached to an aromatic ring is 1. The summed E-state index contributed by atoms with van der Waals surface area (Å²) in [5.74, 6) is -0.144. The van der Waals surface area contributed by atoms with Crippen LogP contribution in [0, 0.1) is 0 Å². The Balaban J connectivity index is 0.00000180. The average Bonchev–Trinajstić information content (AvgIpc) is 2.37. The van der Waals surface area contributed by atoms with Gasteiger partial charge in [-0.25, -0.2) is 0 Å². The fourth-order valence-electron chi connectivity index (χ4n) is 2.01. The molecule has 1 aromatic rings. The smallest absolute Gasteiger partial charge is 0.253 e. The van der Waals surface area contributed by atoms with Gasteiger partial charge in [-0.05, 0) is 37.5 Å². The van der Waals surface area contributed by atoms with Gasteiger partial charge in [0.25, 0.3) is 5.91 Å². The Hall–Kier alpha value is -0.780. The summed E-state index contributed by atoms with van der Waals surface area (Å²) in [6, 6.07) is 5.25. The molecule has 3 N–H and O–H groups in total. The molecule has 4 nitrogen and oxygen atoms in total. The number of nitrogens with two attached hydrogens (primary N) is 1. The number of ether oxygens (including phenoxy) is 1. The maximum Gasteiger partial charge on any atom is 0.253 e. The molecule has 6 heteroatoms. The number of benzene rings is 1. The molecule has 1 fully saturated rings. The summed E-state index contributed by atoms with van der Waals surface area (Å²) in [6.07, 6.45) is 3.43. The lowest BCUT2D eigenvalue weighted by molar-refractivity contribution is 0.0169. The van der Waals surface area contributed by atoms with Gasteiger partial charge in [0, 0.05) is 23.3 Å². The van der Waals surface area contributed by atoms with Crippen LogP contribution >= 0.6 is 28.3 Å². The van der Waals surface area contributed by atoms with E-state index in [-0.39, 0.29) is 24.4 Å². The number of nitrogens with one attached hydrogen (secondary N) is 1. The van der Waals surface area contributed by atoms with Gasteiger partial charge in [0.1, 0.15) is 0 Å². The molecular weight excluding hydrogens is 332 g/mol. The lowest BCUT2D eigenvalue weighted by Crippen LogP contribution is -2.35. The van der Waals surface area contributed by atoms with E-state index in [1.54, 1.807) is 12.1 Å². The minimum absolute atomic E-state index is 0. The number of anilines is 1. The third-order valence-electron chi connectivity index (χ3n) is 3.02. The first kappa shape index (κ1) is 16.3. The molecule has 1 atom stereocenters. The normalized spacial score (nSPS) is 18.5. The van der Waals surface area contributed by atoms with Crippen molar-refractivity contribution in [3.05, 3.63) is 28.2 Å². The van der Waals surface area contributed by atoms with Gasteiger partial charge >= 0.3 is 0 Å². The molecule has 0 bridgehead atoms. The van der Waals surface area contributed by atoms with Crippen molar-refractivity contribution in [2.75, 3.05) is 18.9 Å². The maximum absolute atomic E-state index is 12.0. The van der Waals surface area contributed by atoms with Crippen LogP contribution in [0.3, 0.4) is 0 Å². The van der Waals surface area contributed by atoms with Crippen molar-refractivity contribution >= 4 is 39.9 Å². The van der Waals surface area contributed by atoms with Crippen LogP contribution in [0.25, 0.3) is 0 Å². The molecule has 1 amide bonds. The van der Waals surface area contributed by atoms with Crippen LogP contribution in [0.5, 0.6) is 0 Å². The zero-order valence-corrected chi connectivity index (χ0v) is 12.9.